The number of hydrogen-bond donors (Lipinski definition) is 2. The molecule has 4 nitrogen and oxygen atoms in total. The number of hydrogen-bond acceptors (Lipinski definition) is 3. The summed E-state index contributed by atoms with van der Waals surface area (Å²) in [6.45, 7) is 2.57. The molecule has 0 aliphatic heterocycles. The van der Waals surface area contributed by atoms with E-state index in [-0.39, 0.29) is 4.90 Å². The van der Waals surface area contributed by atoms with Crippen LogP contribution in [0.2, 0.25) is 0 Å². The number of benzene rings is 2. The van der Waals surface area contributed by atoms with Gasteiger partial charge in [0, 0.05) is 11.0 Å². The molecule has 112 valence electrons. The van der Waals surface area contributed by atoms with Crippen molar-refractivity contribution in [2.75, 3.05) is 11.8 Å². The normalized spacial score (nSPS) is 11.4. The van der Waals surface area contributed by atoms with Crippen LogP contribution in [0.5, 0.6) is 0 Å². The summed E-state index contributed by atoms with van der Waals surface area (Å²) in [7, 11) is -1.78. The fraction of sp³-hybridized carbons (Fsp3) is 0.200. The molecule has 0 aliphatic rings. The summed E-state index contributed by atoms with van der Waals surface area (Å²) in [5, 5.41) is 3.00. The zero-order valence-corrected chi connectivity index (χ0v) is 14.3. The highest BCUT2D eigenvalue weighted by molar-refractivity contribution is 9.10. The van der Waals surface area contributed by atoms with Crippen LogP contribution in [0.4, 0.5) is 5.69 Å². The summed E-state index contributed by atoms with van der Waals surface area (Å²) in [6, 6.07) is 12.4. The molecule has 0 saturated carbocycles. The van der Waals surface area contributed by atoms with Crippen molar-refractivity contribution in [3.8, 4) is 0 Å². The van der Waals surface area contributed by atoms with E-state index >= 15 is 0 Å². The van der Waals surface area contributed by atoms with E-state index in [2.05, 4.69) is 26.0 Å². The van der Waals surface area contributed by atoms with Gasteiger partial charge in [-0.3, -0.25) is 4.72 Å². The van der Waals surface area contributed by atoms with Crippen LogP contribution in [0.25, 0.3) is 0 Å². The first-order valence-corrected chi connectivity index (χ1v) is 8.72. The van der Waals surface area contributed by atoms with E-state index in [1.54, 1.807) is 24.3 Å². The molecule has 0 unspecified atom stereocenters. The topological polar surface area (TPSA) is 58.2 Å². The quantitative estimate of drug-likeness (QED) is 0.851. The van der Waals surface area contributed by atoms with Gasteiger partial charge in [0.15, 0.2) is 0 Å². The van der Waals surface area contributed by atoms with Crippen molar-refractivity contribution in [3.05, 3.63) is 58.1 Å². The average Bonchev–Trinajstić information content (AvgIpc) is 2.43. The van der Waals surface area contributed by atoms with Crippen molar-refractivity contribution in [1.82, 2.24) is 5.32 Å². The standard InChI is InChI=1S/C15H17BrN2O2S/c1-11-6-7-15(14(16)8-11)18-21(19,20)13-5-3-4-12(9-13)10-17-2/h3-9,17-18H,10H2,1-2H3. The van der Waals surface area contributed by atoms with Gasteiger partial charge in [-0.05, 0) is 65.3 Å². The van der Waals surface area contributed by atoms with Gasteiger partial charge in [0.2, 0.25) is 0 Å². The lowest BCUT2D eigenvalue weighted by molar-refractivity contribution is 0.601. The minimum absolute atomic E-state index is 0.253. The molecule has 0 bridgehead atoms. The Kier molecular flexibility index (Phi) is 5.03. The minimum atomic E-state index is -3.60. The van der Waals surface area contributed by atoms with E-state index in [9.17, 15) is 8.42 Å². The second-order valence-electron chi connectivity index (χ2n) is 4.77. The summed E-state index contributed by atoms with van der Waals surface area (Å²) in [5.41, 5.74) is 2.50. The smallest absolute Gasteiger partial charge is 0.261 e. The molecule has 6 heteroatoms. The average molecular weight is 369 g/mol. The largest absolute Gasteiger partial charge is 0.316 e. The van der Waals surface area contributed by atoms with Crippen LogP contribution < -0.4 is 10.0 Å². The lowest BCUT2D eigenvalue weighted by atomic mass is 10.2. The van der Waals surface area contributed by atoms with Crippen molar-refractivity contribution in [2.24, 2.45) is 0 Å². The second kappa shape index (κ2) is 6.60. The zero-order valence-electron chi connectivity index (χ0n) is 11.9. The van der Waals surface area contributed by atoms with Crippen molar-refractivity contribution in [2.45, 2.75) is 18.4 Å². The summed E-state index contributed by atoms with van der Waals surface area (Å²) in [5.74, 6) is 0. The lowest BCUT2D eigenvalue weighted by Gasteiger charge is -2.11. The second-order valence-corrected chi connectivity index (χ2v) is 7.30. The molecule has 0 aliphatic carbocycles. The Labute approximate surface area is 133 Å². The first-order valence-electron chi connectivity index (χ1n) is 6.45. The molecule has 0 amide bonds. The summed E-state index contributed by atoms with van der Waals surface area (Å²) < 4.78 is 28.2. The Balaban J connectivity index is 2.31. The van der Waals surface area contributed by atoms with E-state index in [1.165, 1.54) is 0 Å². The third kappa shape index (κ3) is 4.06. The van der Waals surface area contributed by atoms with Crippen LogP contribution >= 0.6 is 15.9 Å². The Morgan fingerprint density at radius 1 is 1.14 bits per heavy atom. The fourth-order valence-electron chi connectivity index (χ4n) is 1.93. The third-order valence-electron chi connectivity index (χ3n) is 2.96. The molecule has 0 radical (unpaired) electrons. The molecule has 21 heavy (non-hydrogen) atoms. The van der Waals surface area contributed by atoms with Gasteiger partial charge in [0.05, 0.1) is 10.6 Å². The predicted octanol–water partition coefficient (Wildman–Crippen LogP) is 3.28. The SMILES string of the molecule is CNCc1cccc(S(=O)(=O)Nc2ccc(C)cc2Br)c1. The highest BCUT2D eigenvalue weighted by Crippen LogP contribution is 2.26. The van der Waals surface area contributed by atoms with Gasteiger partial charge in [-0.2, -0.15) is 0 Å². The molecule has 0 saturated heterocycles. The third-order valence-corrected chi connectivity index (χ3v) is 4.98. The Hall–Kier alpha value is -1.37. The van der Waals surface area contributed by atoms with Crippen LogP contribution in [-0.4, -0.2) is 15.5 Å². The Morgan fingerprint density at radius 2 is 1.90 bits per heavy atom. The number of sulfonamides is 1. The number of anilines is 1. The molecule has 2 aromatic carbocycles. The van der Waals surface area contributed by atoms with Gasteiger partial charge >= 0.3 is 0 Å². The van der Waals surface area contributed by atoms with Gasteiger partial charge in [0.1, 0.15) is 0 Å². The highest BCUT2D eigenvalue weighted by atomic mass is 79.9. The van der Waals surface area contributed by atoms with E-state index in [1.807, 2.05) is 32.2 Å². The number of halogens is 1. The molecule has 0 heterocycles. The molecule has 0 aromatic heterocycles. The van der Waals surface area contributed by atoms with Gasteiger partial charge in [-0.1, -0.05) is 18.2 Å². The van der Waals surface area contributed by atoms with Crippen molar-refractivity contribution in [1.29, 1.82) is 0 Å². The van der Waals surface area contributed by atoms with E-state index in [4.69, 9.17) is 0 Å². The molecule has 2 aromatic rings. The zero-order chi connectivity index (χ0) is 15.5. The predicted molar refractivity (Wildman–Crippen MR) is 88.9 cm³/mol. The monoisotopic (exact) mass is 368 g/mol. The van der Waals surface area contributed by atoms with Crippen molar-refractivity contribution < 1.29 is 8.42 Å². The maximum absolute atomic E-state index is 12.4. The first kappa shape index (κ1) is 16.0. The van der Waals surface area contributed by atoms with E-state index in [0.29, 0.717) is 12.2 Å². The van der Waals surface area contributed by atoms with Gasteiger partial charge in [-0.15, -0.1) is 0 Å². The van der Waals surface area contributed by atoms with E-state index in [0.717, 1.165) is 15.6 Å². The van der Waals surface area contributed by atoms with Crippen LogP contribution in [0.1, 0.15) is 11.1 Å². The van der Waals surface area contributed by atoms with Crippen molar-refractivity contribution in [3.63, 3.8) is 0 Å². The molecule has 0 fully saturated rings. The Morgan fingerprint density at radius 3 is 2.57 bits per heavy atom. The fourth-order valence-corrected chi connectivity index (χ4v) is 3.81. The van der Waals surface area contributed by atoms with Crippen LogP contribution in [-0.2, 0) is 16.6 Å². The van der Waals surface area contributed by atoms with Gasteiger partial charge < -0.3 is 5.32 Å². The lowest BCUT2D eigenvalue weighted by Crippen LogP contribution is -2.14. The van der Waals surface area contributed by atoms with Crippen LogP contribution in [0, 0.1) is 6.92 Å². The number of nitrogens with one attached hydrogen (secondary N) is 2. The van der Waals surface area contributed by atoms with E-state index < -0.39 is 10.0 Å². The Bertz CT molecular complexity index is 745. The summed E-state index contributed by atoms with van der Waals surface area (Å²) in [4.78, 5) is 0.253. The molecule has 0 spiro atoms. The molecule has 0 atom stereocenters. The number of rotatable bonds is 5. The molecule has 2 N–H and O–H groups in total. The summed E-state index contributed by atoms with van der Waals surface area (Å²) >= 11 is 3.37. The van der Waals surface area contributed by atoms with Crippen LogP contribution in [0.3, 0.4) is 0 Å². The molecule has 2 rings (SSSR count). The molecular formula is C15H17BrN2O2S. The van der Waals surface area contributed by atoms with Gasteiger partial charge in [0.25, 0.3) is 10.0 Å². The van der Waals surface area contributed by atoms with Gasteiger partial charge in [-0.25, -0.2) is 8.42 Å². The maximum atomic E-state index is 12.4. The molecular weight excluding hydrogens is 352 g/mol. The highest BCUT2D eigenvalue weighted by Gasteiger charge is 2.16. The maximum Gasteiger partial charge on any atom is 0.261 e. The van der Waals surface area contributed by atoms with Crippen LogP contribution in [0.15, 0.2) is 51.8 Å². The summed E-state index contributed by atoms with van der Waals surface area (Å²) in [6.07, 6.45) is 0. The van der Waals surface area contributed by atoms with Crippen molar-refractivity contribution >= 4 is 31.6 Å². The first-order chi connectivity index (χ1) is 9.92. The number of aryl methyl sites for hydroxylation is 1. The minimum Gasteiger partial charge on any atom is -0.316 e.